The molecule has 1 fully saturated rings. The van der Waals surface area contributed by atoms with E-state index in [0.29, 0.717) is 23.2 Å². The van der Waals surface area contributed by atoms with Crippen LogP contribution in [-0.2, 0) is 7.05 Å². The Morgan fingerprint density at radius 1 is 1.33 bits per heavy atom. The number of fused-ring (bicyclic) bond motifs is 1. The van der Waals surface area contributed by atoms with E-state index in [1.165, 1.54) is 9.13 Å². The van der Waals surface area contributed by atoms with Crippen LogP contribution in [0.4, 0.5) is 0 Å². The molecule has 0 radical (unpaired) electrons. The van der Waals surface area contributed by atoms with E-state index in [1.807, 2.05) is 0 Å². The molecule has 6 nitrogen and oxygen atoms in total. The summed E-state index contributed by atoms with van der Waals surface area (Å²) in [6.45, 7) is 1.59. The number of hydrogen-bond donors (Lipinski definition) is 1. The van der Waals surface area contributed by atoms with E-state index in [4.69, 9.17) is 4.74 Å². The van der Waals surface area contributed by atoms with Crippen molar-refractivity contribution in [1.82, 2.24) is 14.5 Å². The molecule has 0 aliphatic carbocycles. The van der Waals surface area contributed by atoms with Gasteiger partial charge in [0, 0.05) is 13.6 Å². The van der Waals surface area contributed by atoms with Gasteiger partial charge in [-0.05, 0) is 37.6 Å². The largest absolute Gasteiger partial charge is 0.497 e. The number of methoxy groups -OCH3 is 1. The molecule has 1 aliphatic rings. The van der Waals surface area contributed by atoms with Gasteiger partial charge in [0.1, 0.15) is 5.75 Å². The van der Waals surface area contributed by atoms with Crippen LogP contribution in [0.15, 0.2) is 27.8 Å². The van der Waals surface area contributed by atoms with Crippen LogP contribution in [0.1, 0.15) is 18.9 Å². The highest BCUT2D eigenvalue weighted by Crippen LogP contribution is 2.18. The summed E-state index contributed by atoms with van der Waals surface area (Å²) in [6.07, 6.45) is 1.81. The Hall–Kier alpha value is -2.08. The lowest BCUT2D eigenvalue weighted by Crippen LogP contribution is -2.46. The predicted octanol–water partition coefficient (Wildman–Crippen LogP) is 0.633. The predicted molar refractivity (Wildman–Crippen MR) is 81.1 cm³/mol. The highest BCUT2D eigenvalue weighted by Gasteiger charge is 2.21. The SMILES string of the molecule is COc1ccc2c(c1)c(=O)n(C1CCCNC1)c(=O)n2C. The first kappa shape index (κ1) is 13.9. The average molecular weight is 289 g/mol. The topological polar surface area (TPSA) is 65.3 Å². The molecule has 2 heterocycles. The van der Waals surface area contributed by atoms with Crippen molar-refractivity contribution in [1.29, 1.82) is 0 Å². The Kier molecular flexibility index (Phi) is 3.55. The molecule has 1 aromatic heterocycles. The van der Waals surface area contributed by atoms with E-state index in [0.717, 1.165) is 19.4 Å². The summed E-state index contributed by atoms with van der Waals surface area (Å²) in [7, 11) is 3.26. The highest BCUT2D eigenvalue weighted by atomic mass is 16.5. The second-order valence-corrected chi connectivity index (χ2v) is 5.40. The van der Waals surface area contributed by atoms with E-state index >= 15 is 0 Å². The van der Waals surface area contributed by atoms with E-state index < -0.39 is 0 Å². The van der Waals surface area contributed by atoms with Crippen molar-refractivity contribution in [3.8, 4) is 5.75 Å². The van der Waals surface area contributed by atoms with Crippen molar-refractivity contribution in [2.24, 2.45) is 7.05 Å². The highest BCUT2D eigenvalue weighted by molar-refractivity contribution is 5.79. The van der Waals surface area contributed by atoms with Gasteiger partial charge in [0.15, 0.2) is 0 Å². The molecular formula is C15H19N3O3. The number of nitrogens with one attached hydrogen (secondary N) is 1. The van der Waals surface area contributed by atoms with Crippen molar-refractivity contribution >= 4 is 10.9 Å². The molecule has 0 saturated carbocycles. The number of hydrogen-bond acceptors (Lipinski definition) is 4. The third-order valence-corrected chi connectivity index (χ3v) is 4.14. The van der Waals surface area contributed by atoms with Gasteiger partial charge in [-0.2, -0.15) is 0 Å². The first-order valence-electron chi connectivity index (χ1n) is 7.13. The molecule has 1 saturated heterocycles. The minimum absolute atomic E-state index is 0.0828. The van der Waals surface area contributed by atoms with Crippen molar-refractivity contribution < 1.29 is 4.74 Å². The van der Waals surface area contributed by atoms with E-state index in [1.54, 1.807) is 32.4 Å². The van der Waals surface area contributed by atoms with Gasteiger partial charge in [-0.3, -0.25) is 13.9 Å². The average Bonchev–Trinajstić information content (AvgIpc) is 2.53. The molecule has 1 atom stereocenters. The minimum atomic E-state index is -0.258. The maximum absolute atomic E-state index is 12.7. The molecule has 1 aliphatic heterocycles. The van der Waals surface area contributed by atoms with Gasteiger partial charge < -0.3 is 10.1 Å². The van der Waals surface area contributed by atoms with Crippen molar-refractivity contribution in [3.05, 3.63) is 39.0 Å². The number of rotatable bonds is 2. The summed E-state index contributed by atoms with van der Waals surface area (Å²) in [5, 5.41) is 3.76. The second kappa shape index (κ2) is 5.37. The standard InChI is InChI=1S/C15H19N3O3/c1-17-13-6-5-11(21-2)8-12(13)14(19)18(15(17)20)10-4-3-7-16-9-10/h5-6,8,10,16H,3-4,7,9H2,1-2H3. The maximum atomic E-state index is 12.7. The fourth-order valence-electron chi connectivity index (χ4n) is 2.96. The van der Waals surface area contributed by atoms with Crippen LogP contribution in [0, 0.1) is 0 Å². The number of aryl methyl sites for hydroxylation is 1. The Balaban J connectivity index is 2.29. The molecule has 112 valence electrons. The van der Waals surface area contributed by atoms with Gasteiger partial charge in [-0.1, -0.05) is 0 Å². The lowest BCUT2D eigenvalue weighted by Gasteiger charge is -2.25. The quantitative estimate of drug-likeness (QED) is 0.881. The molecule has 1 unspecified atom stereocenters. The van der Waals surface area contributed by atoms with Crippen molar-refractivity contribution in [3.63, 3.8) is 0 Å². The van der Waals surface area contributed by atoms with Gasteiger partial charge >= 0.3 is 5.69 Å². The third kappa shape index (κ3) is 2.25. The van der Waals surface area contributed by atoms with Crippen LogP contribution in [0.5, 0.6) is 5.75 Å². The van der Waals surface area contributed by atoms with Crippen LogP contribution < -0.4 is 21.3 Å². The molecule has 21 heavy (non-hydrogen) atoms. The van der Waals surface area contributed by atoms with E-state index in [9.17, 15) is 9.59 Å². The van der Waals surface area contributed by atoms with Gasteiger partial charge in [-0.25, -0.2) is 4.79 Å². The zero-order valence-electron chi connectivity index (χ0n) is 12.3. The molecule has 2 aromatic rings. The Bertz CT molecular complexity index is 785. The maximum Gasteiger partial charge on any atom is 0.331 e. The molecule has 0 amide bonds. The number of nitrogens with zero attached hydrogens (tertiary/aromatic N) is 2. The van der Waals surface area contributed by atoms with Crippen LogP contribution >= 0.6 is 0 Å². The number of piperidine rings is 1. The molecule has 0 bridgehead atoms. The number of ether oxygens (including phenoxy) is 1. The summed E-state index contributed by atoms with van der Waals surface area (Å²) in [4.78, 5) is 25.3. The molecular weight excluding hydrogens is 270 g/mol. The summed E-state index contributed by atoms with van der Waals surface area (Å²) < 4.78 is 8.10. The van der Waals surface area contributed by atoms with Gasteiger partial charge in [0.2, 0.25) is 0 Å². The Labute approximate surface area is 122 Å². The summed E-state index contributed by atoms with van der Waals surface area (Å²) in [5.74, 6) is 0.617. The van der Waals surface area contributed by atoms with Crippen LogP contribution in [-0.4, -0.2) is 29.3 Å². The normalized spacial score (nSPS) is 18.9. The van der Waals surface area contributed by atoms with Gasteiger partial charge in [0.25, 0.3) is 5.56 Å². The van der Waals surface area contributed by atoms with Crippen LogP contribution in [0.2, 0.25) is 0 Å². The van der Waals surface area contributed by atoms with E-state index in [2.05, 4.69) is 5.32 Å². The molecule has 0 spiro atoms. The molecule has 1 aromatic carbocycles. The van der Waals surface area contributed by atoms with Crippen molar-refractivity contribution in [2.75, 3.05) is 20.2 Å². The summed E-state index contributed by atoms with van der Waals surface area (Å²) in [5.41, 5.74) is 0.137. The zero-order valence-corrected chi connectivity index (χ0v) is 12.3. The van der Waals surface area contributed by atoms with Crippen molar-refractivity contribution in [2.45, 2.75) is 18.9 Å². The monoisotopic (exact) mass is 289 g/mol. The third-order valence-electron chi connectivity index (χ3n) is 4.14. The molecule has 1 N–H and O–H groups in total. The van der Waals surface area contributed by atoms with Crippen LogP contribution in [0.3, 0.4) is 0 Å². The first-order valence-corrected chi connectivity index (χ1v) is 7.13. The fourth-order valence-corrected chi connectivity index (χ4v) is 2.96. The lowest BCUT2D eigenvalue weighted by molar-refractivity contribution is 0.351. The van der Waals surface area contributed by atoms with Crippen LogP contribution in [0.25, 0.3) is 10.9 Å². The Morgan fingerprint density at radius 2 is 2.14 bits per heavy atom. The number of benzene rings is 1. The molecule has 6 heteroatoms. The second-order valence-electron chi connectivity index (χ2n) is 5.40. The molecule has 3 rings (SSSR count). The van der Waals surface area contributed by atoms with Gasteiger partial charge in [0.05, 0.1) is 24.1 Å². The first-order chi connectivity index (χ1) is 10.1. The fraction of sp³-hybridized carbons (Fsp3) is 0.467. The zero-order chi connectivity index (χ0) is 15.0. The van der Waals surface area contributed by atoms with Gasteiger partial charge in [-0.15, -0.1) is 0 Å². The van der Waals surface area contributed by atoms with E-state index in [-0.39, 0.29) is 17.3 Å². The number of aromatic nitrogens is 2. The Morgan fingerprint density at radius 3 is 2.81 bits per heavy atom. The summed E-state index contributed by atoms with van der Waals surface area (Å²) >= 11 is 0. The lowest BCUT2D eigenvalue weighted by atomic mass is 10.1. The minimum Gasteiger partial charge on any atom is -0.497 e. The smallest absolute Gasteiger partial charge is 0.331 e. The summed E-state index contributed by atoms with van der Waals surface area (Å²) in [6, 6.07) is 5.12.